The summed E-state index contributed by atoms with van der Waals surface area (Å²) in [5, 5.41) is 12.7. The van der Waals surface area contributed by atoms with Gasteiger partial charge in [-0.3, -0.25) is 0 Å². The third-order valence-corrected chi connectivity index (χ3v) is 3.40. The molecule has 1 aliphatic heterocycles. The number of nitriles is 1. The van der Waals surface area contributed by atoms with Gasteiger partial charge in [0.15, 0.2) is 0 Å². The first-order chi connectivity index (χ1) is 8.20. The zero-order valence-electron chi connectivity index (χ0n) is 9.74. The number of halogens is 1. The summed E-state index contributed by atoms with van der Waals surface area (Å²) in [4.78, 5) is 0. The SMILES string of the molecule is CC1COCCC1Nc1ccc(C#N)c(Cl)c1. The van der Waals surface area contributed by atoms with E-state index in [-0.39, 0.29) is 0 Å². The zero-order valence-corrected chi connectivity index (χ0v) is 10.5. The lowest BCUT2D eigenvalue weighted by Crippen LogP contribution is -2.35. The van der Waals surface area contributed by atoms with Crippen LogP contribution in [0.25, 0.3) is 0 Å². The van der Waals surface area contributed by atoms with Gasteiger partial charge in [-0.1, -0.05) is 18.5 Å². The number of anilines is 1. The van der Waals surface area contributed by atoms with Crippen molar-refractivity contribution in [3.05, 3.63) is 28.8 Å². The maximum atomic E-state index is 8.80. The molecule has 0 aliphatic carbocycles. The Morgan fingerprint density at radius 3 is 3.00 bits per heavy atom. The van der Waals surface area contributed by atoms with Crippen LogP contribution in [0, 0.1) is 17.2 Å². The second kappa shape index (κ2) is 5.39. The molecule has 0 amide bonds. The molecule has 1 fully saturated rings. The van der Waals surface area contributed by atoms with Crippen LogP contribution in [0.2, 0.25) is 5.02 Å². The van der Waals surface area contributed by atoms with Gasteiger partial charge >= 0.3 is 0 Å². The smallest absolute Gasteiger partial charge is 0.101 e. The topological polar surface area (TPSA) is 45.0 Å². The number of rotatable bonds is 2. The molecule has 90 valence electrons. The molecule has 2 atom stereocenters. The minimum absolute atomic E-state index is 0.410. The quantitative estimate of drug-likeness (QED) is 0.878. The summed E-state index contributed by atoms with van der Waals surface area (Å²) in [5.41, 5.74) is 1.48. The van der Waals surface area contributed by atoms with E-state index in [1.807, 2.05) is 12.1 Å². The Bertz CT molecular complexity index is 442. The maximum Gasteiger partial charge on any atom is 0.101 e. The minimum Gasteiger partial charge on any atom is -0.382 e. The Balaban J connectivity index is 2.08. The second-order valence-electron chi connectivity index (χ2n) is 4.40. The second-order valence-corrected chi connectivity index (χ2v) is 4.81. The average Bonchev–Trinajstić information content (AvgIpc) is 2.32. The highest BCUT2D eigenvalue weighted by atomic mass is 35.5. The molecule has 2 unspecified atom stereocenters. The van der Waals surface area contributed by atoms with Gasteiger partial charge in [0.05, 0.1) is 17.2 Å². The summed E-state index contributed by atoms with van der Waals surface area (Å²) in [6, 6.07) is 7.91. The van der Waals surface area contributed by atoms with Crippen LogP contribution >= 0.6 is 11.6 Å². The van der Waals surface area contributed by atoms with E-state index in [9.17, 15) is 0 Å². The van der Waals surface area contributed by atoms with E-state index in [2.05, 4.69) is 18.3 Å². The molecule has 1 saturated heterocycles. The van der Waals surface area contributed by atoms with Crippen LogP contribution in [0.15, 0.2) is 18.2 Å². The maximum absolute atomic E-state index is 8.80. The van der Waals surface area contributed by atoms with Gasteiger partial charge in [-0.2, -0.15) is 5.26 Å². The summed E-state index contributed by atoms with van der Waals surface area (Å²) in [5.74, 6) is 0.484. The molecule has 1 heterocycles. The first-order valence-corrected chi connectivity index (χ1v) is 6.12. The number of nitrogens with one attached hydrogen (secondary N) is 1. The molecular weight excluding hydrogens is 236 g/mol. The lowest BCUT2D eigenvalue weighted by molar-refractivity contribution is 0.0538. The van der Waals surface area contributed by atoms with Gasteiger partial charge in [0.2, 0.25) is 0 Å². The molecule has 1 aliphatic rings. The van der Waals surface area contributed by atoms with Gasteiger partial charge in [0.1, 0.15) is 6.07 Å². The Labute approximate surface area is 106 Å². The average molecular weight is 251 g/mol. The van der Waals surface area contributed by atoms with Crippen molar-refractivity contribution in [1.82, 2.24) is 0 Å². The van der Waals surface area contributed by atoms with E-state index < -0.39 is 0 Å². The minimum atomic E-state index is 0.410. The van der Waals surface area contributed by atoms with Crippen LogP contribution in [0.4, 0.5) is 5.69 Å². The summed E-state index contributed by atoms with van der Waals surface area (Å²) in [6.07, 6.45) is 0.999. The molecule has 0 aromatic heterocycles. The Kier molecular flexibility index (Phi) is 3.88. The van der Waals surface area contributed by atoms with Crippen molar-refractivity contribution in [2.45, 2.75) is 19.4 Å². The number of benzene rings is 1. The zero-order chi connectivity index (χ0) is 12.3. The van der Waals surface area contributed by atoms with Gasteiger partial charge in [0, 0.05) is 18.3 Å². The Morgan fingerprint density at radius 2 is 2.35 bits per heavy atom. The molecule has 1 N–H and O–H groups in total. The monoisotopic (exact) mass is 250 g/mol. The summed E-state index contributed by atoms with van der Waals surface area (Å²) >= 11 is 6.00. The van der Waals surface area contributed by atoms with Crippen LogP contribution < -0.4 is 5.32 Å². The fraction of sp³-hybridized carbons (Fsp3) is 0.462. The fourth-order valence-corrected chi connectivity index (χ4v) is 2.23. The highest BCUT2D eigenvalue weighted by molar-refractivity contribution is 6.32. The van der Waals surface area contributed by atoms with Gasteiger partial charge < -0.3 is 10.1 Å². The van der Waals surface area contributed by atoms with Gasteiger partial charge in [-0.05, 0) is 30.5 Å². The van der Waals surface area contributed by atoms with Crippen molar-refractivity contribution < 1.29 is 4.74 Å². The van der Waals surface area contributed by atoms with Crippen molar-refractivity contribution >= 4 is 17.3 Å². The van der Waals surface area contributed by atoms with E-state index in [0.717, 1.165) is 25.3 Å². The Morgan fingerprint density at radius 1 is 1.53 bits per heavy atom. The number of hydrogen-bond donors (Lipinski definition) is 1. The van der Waals surface area contributed by atoms with Gasteiger partial charge in [0.25, 0.3) is 0 Å². The van der Waals surface area contributed by atoms with Crippen molar-refractivity contribution in [2.75, 3.05) is 18.5 Å². The first-order valence-electron chi connectivity index (χ1n) is 5.74. The molecule has 1 aromatic carbocycles. The van der Waals surface area contributed by atoms with Crippen LogP contribution in [-0.2, 0) is 4.74 Å². The van der Waals surface area contributed by atoms with E-state index in [0.29, 0.717) is 22.5 Å². The van der Waals surface area contributed by atoms with Crippen LogP contribution in [0.3, 0.4) is 0 Å². The molecule has 3 nitrogen and oxygen atoms in total. The van der Waals surface area contributed by atoms with Crippen molar-refractivity contribution in [3.63, 3.8) is 0 Å². The van der Waals surface area contributed by atoms with E-state index in [1.165, 1.54) is 0 Å². The highest BCUT2D eigenvalue weighted by Crippen LogP contribution is 2.24. The number of hydrogen-bond acceptors (Lipinski definition) is 3. The van der Waals surface area contributed by atoms with Crippen molar-refractivity contribution in [2.24, 2.45) is 5.92 Å². The van der Waals surface area contributed by atoms with Crippen LogP contribution in [0.1, 0.15) is 18.9 Å². The van der Waals surface area contributed by atoms with Gasteiger partial charge in [-0.15, -0.1) is 0 Å². The molecule has 4 heteroatoms. The predicted molar refractivity (Wildman–Crippen MR) is 68.2 cm³/mol. The molecule has 2 rings (SSSR count). The van der Waals surface area contributed by atoms with E-state index >= 15 is 0 Å². The Hall–Kier alpha value is -1.24. The summed E-state index contributed by atoms with van der Waals surface area (Å²) < 4.78 is 5.40. The first kappa shape index (κ1) is 12.2. The predicted octanol–water partition coefficient (Wildman–Crippen LogP) is 3.05. The normalized spacial score (nSPS) is 24.1. The van der Waals surface area contributed by atoms with E-state index in [1.54, 1.807) is 6.07 Å². The lowest BCUT2D eigenvalue weighted by atomic mass is 9.97. The molecule has 17 heavy (non-hydrogen) atoms. The molecule has 1 aromatic rings. The lowest BCUT2D eigenvalue weighted by Gasteiger charge is -2.30. The number of ether oxygens (including phenoxy) is 1. The molecule has 0 saturated carbocycles. The number of nitrogens with zero attached hydrogens (tertiary/aromatic N) is 1. The van der Waals surface area contributed by atoms with Gasteiger partial charge in [-0.25, -0.2) is 0 Å². The van der Waals surface area contributed by atoms with Crippen LogP contribution in [0.5, 0.6) is 0 Å². The summed E-state index contributed by atoms with van der Waals surface area (Å²) in [7, 11) is 0. The third-order valence-electron chi connectivity index (χ3n) is 3.08. The van der Waals surface area contributed by atoms with Crippen molar-refractivity contribution in [3.8, 4) is 6.07 Å². The fourth-order valence-electron chi connectivity index (χ4n) is 2.00. The van der Waals surface area contributed by atoms with Crippen LogP contribution in [-0.4, -0.2) is 19.3 Å². The molecular formula is C13H15ClN2O. The molecule has 0 bridgehead atoms. The van der Waals surface area contributed by atoms with Crippen molar-refractivity contribution in [1.29, 1.82) is 5.26 Å². The molecule has 0 radical (unpaired) electrons. The van der Waals surface area contributed by atoms with E-state index in [4.69, 9.17) is 21.6 Å². The molecule has 0 spiro atoms. The highest BCUT2D eigenvalue weighted by Gasteiger charge is 2.21. The largest absolute Gasteiger partial charge is 0.382 e. The standard InChI is InChI=1S/C13H15ClN2O/c1-9-8-17-5-4-13(9)16-11-3-2-10(7-15)12(14)6-11/h2-3,6,9,13,16H,4-5,8H2,1H3. The third kappa shape index (κ3) is 2.91. The summed E-state index contributed by atoms with van der Waals surface area (Å²) in [6.45, 7) is 3.76.